The molecular weight excluding hydrogens is 271 g/mol. The molecule has 1 heterocycles. The van der Waals surface area contributed by atoms with Gasteiger partial charge in [0.1, 0.15) is 0 Å². The van der Waals surface area contributed by atoms with Gasteiger partial charge >= 0.3 is 6.18 Å². The van der Waals surface area contributed by atoms with Crippen LogP contribution in [0.4, 0.5) is 13.2 Å². The SMILES string of the molecule is O=C1CC[C@H](/C=C/C(O)c2cccc(C(F)(F)F)c2)N1. The smallest absolute Gasteiger partial charge is 0.384 e. The van der Waals surface area contributed by atoms with E-state index in [1.54, 1.807) is 6.08 Å². The lowest BCUT2D eigenvalue weighted by Crippen LogP contribution is -2.23. The summed E-state index contributed by atoms with van der Waals surface area (Å²) in [6.45, 7) is 0. The van der Waals surface area contributed by atoms with E-state index in [0.29, 0.717) is 12.8 Å². The summed E-state index contributed by atoms with van der Waals surface area (Å²) in [5.41, 5.74) is -0.628. The Morgan fingerprint density at radius 3 is 2.75 bits per heavy atom. The maximum atomic E-state index is 12.6. The molecule has 0 bridgehead atoms. The van der Waals surface area contributed by atoms with E-state index in [1.165, 1.54) is 18.2 Å². The quantitative estimate of drug-likeness (QED) is 0.839. The Morgan fingerprint density at radius 1 is 1.40 bits per heavy atom. The third-order valence-corrected chi connectivity index (χ3v) is 3.11. The zero-order valence-electron chi connectivity index (χ0n) is 10.5. The largest absolute Gasteiger partial charge is 0.416 e. The highest BCUT2D eigenvalue weighted by atomic mass is 19.4. The van der Waals surface area contributed by atoms with Crippen molar-refractivity contribution in [3.63, 3.8) is 0 Å². The highest BCUT2D eigenvalue weighted by molar-refractivity contribution is 5.78. The zero-order chi connectivity index (χ0) is 14.8. The van der Waals surface area contributed by atoms with E-state index >= 15 is 0 Å². The molecule has 2 rings (SSSR count). The van der Waals surface area contributed by atoms with Gasteiger partial charge in [-0.05, 0) is 24.1 Å². The van der Waals surface area contributed by atoms with Gasteiger partial charge in [0.05, 0.1) is 11.7 Å². The molecule has 1 amide bonds. The topological polar surface area (TPSA) is 49.3 Å². The van der Waals surface area contributed by atoms with Crippen LogP contribution < -0.4 is 5.32 Å². The van der Waals surface area contributed by atoms with Crippen LogP contribution in [0.2, 0.25) is 0 Å². The van der Waals surface area contributed by atoms with Gasteiger partial charge in [-0.2, -0.15) is 13.2 Å². The van der Waals surface area contributed by atoms with Crippen molar-refractivity contribution in [2.45, 2.75) is 31.2 Å². The molecule has 1 fully saturated rings. The van der Waals surface area contributed by atoms with E-state index < -0.39 is 17.8 Å². The van der Waals surface area contributed by atoms with E-state index in [1.807, 2.05) is 0 Å². The number of aliphatic hydroxyl groups excluding tert-OH is 1. The van der Waals surface area contributed by atoms with Gasteiger partial charge in [-0.1, -0.05) is 24.3 Å². The van der Waals surface area contributed by atoms with Gasteiger partial charge in [-0.15, -0.1) is 0 Å². The number of amides is 1. The summed E-state index contributed by atoms with van der Waals surface area (Å²) in [4.78, 5) is 11.0. The number of benzene rings is 1. The number of carbonyl (C=O) groups excluding carboxylic acids is 1. The lowest BCUT2D eigenvalue weighted by atomic mass is 10.0. The molecule has 1 saturated heterocycles. The molecule has 2 atom stereocenters. The van der Waals surface area contributed by atoms with Crippen molar-refractivity contribution in [2.24, 2.45) is 0 Å². The Hall–Kier alpha value is -1.82. The first-order chi connectivity index (χ1) is 9.36. The summed E-state index contributed by atoms with van der Waals surface area (Å²) in [5.74, 6) is -0.0618. The predicted molar refractivity (Wildman–Crippen MR) is 66.7 cm³/mol. The predicted octanol–water partition coefficient (Wildman–Crippen LogP) is 2.57. The molecule has 2 N–H and O–H groups in total. The molecule has 20 heavy (non-hydrogen) atoms. The molecule has 1 aromatic rings. The fourth-order valence-electron chi connectivity index (χ4n) is 2.03. The van der Waals surface area contributed by atoms with Crippen LogP contribution >= 0.6 is 0 Å². The van der Waals surface area contributed by atoms with E-state index in [0.717, 1.165) is 12.1 Å². The average Bonchev–Trinajstić information content (AvgIpc) is 2.81. The molecule has 6 heteroatoms. The number of aliphatic hydroxyl groups is 1. The Balaban J connectivity index is 2.07. The molecule has 0 spiro atoms. The minimum Gasteiger partial charge on any atom is -0.384 e. The Bertz CT molecular complexity index is 525. The fourth-order valence-corrected chi connectivity index (χ4v) is 2.03. The number of hydrogen-bond acceptors (Lipinski definition) is 2. The first-order valence-electron chi connectivity index (χ1n) is 6.19. The summed E-state index contributed by atoms with van der Waals surface area (Å²) in [7, 11) is 0. The van der Waals surface area contributed by atoms with Crippen molar-refractivity contribution < 1.29 is 23.1 Å². The average molecular weight is 285 g/mol. The van der Waals surface area contributed by atoms with Crippen LogP contribution in [-0.4, -0.2) is 17.1 Å². The van der Waals surface area contributed by atoms with Crippen molar-refractivity contribution in [2.75, 3.05) is 0 Å². The molecule has 3 nitrogen and oxygen atoms in total. The summed E-state index contributed by atoms with van der Waals surface area (Å²) in [6, 6.07) is 4.39. The Kier molecular flexibility index (Phi) is 4.13. The molecule has 1 aliphatic rings. The van der Waals surface area contributed by atoms with Gasteiger partial charge in [0.15, 0.2) is 0 Å². The van der Waals surface area contributed by atoms with Crippen molar-refractivity contribution >= 4 is 5.91 Å². The van der Waals surface area contributed by atoms with Crippen LogP contribution in [0.3, 0.4) is 0 Å². The number of alkyl halides is 3. The number of hydrogen-bond donors (Lipinski definition) is 2. The zero-order valence-corrected chi connectivity index (χ0v) is 10.5. The van der Waals surface area contributed by atoms with Gasteiger partial charge in [-0.3, -0.25) is 4.79 Å². The van der Waals surface area contributed by atoms with Crippen molar-refractivity contribution in [1.82, 2.24) is 5.32 Å². The summed E-state index contributed by atoms with van der Waals surface area (Å²) in [5, 5.41) is 12.5. The number of carbonyl (C=O) groups is 1. The third-order valence-electron chi connectivity index (χ3n) is 3.11. The molecule has 108 valence electrons. The van der Waals surface area contributed by atoms with Crippen LogP contribution in [0.5, 0.6) is 0 Å². The highest BCUT2D eigenvalue weighted by Gasteiger charge is 2.30. The molecular formula is C14H14F3NO2. The van der Waals surface area contributed by atoms with E-state index in [2.05, 4.69) is 5.32 Å². The second kappa shape index (κ2) is 5.66. The first kappa shape index (κ1) is 14.6. The number of halogens is 3. The molecule has 1 aromatic carbocycles. The summed E-state index contributed by atoms with van der Waals surface area (Å²) < 4.78 is 37.7. The summed E-state index contributed by atoms with van der Waals surface area (Å²) >= 11 is 0. The van der Waals surface area contributed by atoms with Gasteiger partial charge in [0.25, 0.3) is 0 Å². The van der Waals surface area contributed by atoms with Crippen LogP contribution in [0, 0.1) is 0 Å². The van der Waals surface area contributed by atoms with Gasteiger partial charge in [0.2, 0.25) is 5.91 Å². The standard InChI is InChI=1S/C14H14F3NO2/c15-14(16,17)10-3-1-2-9(8-10)12(19)6-4-11-5-7-13(20)18-11/h1-4,6,8,11-12,19H,5,7H2,(H,18,20)/b6-4+/t11-,12?/m0/s1. The van der Waals surface area contributed by atoms with Crippen molar-refractivity contribution in [3.05, 3.63) is 47.5 Å². The monoisotopic (exact) mass is 285 g/mol. The minimum atomic E-state index is -4.43. The number of nitrogens with one attached hydrogen (secondary N) is 1. The highest BCUT2D eigenvalue weighted by Crippen LogP contribution is 2.31. The molecule has 0 saturated carbocycles. The molecule has 1 aliphatic heterocycles. The van der Waals surface area contributed by atoms with E-state index in [-0.39, 0.29) is 17.5 Å². The Labute approximate surface area is 114 Å². The van der Waals surface area contributed by atoms with Crippen molar-refractivity contribution in [1.29, 1.82) is 0 Å². The molecule has 0 aromatic heterocycles. The normalized spacial score (nSPS) is 21.2. The maximum Gasteiger partial charge on any atom is 0.416 e. The first-order valence-corrected chi connectivity index (χ1v) is 6.19. The second-order valence-corrected chi connectivity index (χ2v) is 4.67. The lowest BCUT2D eigenvalue weighted by Gasteiger charge is -2.11. The minimum absolute atomic E-state index is 0.0618. The fraction of sp³-hybridized carbons (Fsp3) is 0.357. The molecule has 0 aliphatic carbocycles. The second-order valence-electron chi connectivity index (χ2n) is 4.67. The maximum absolute atomic E-state index is 12.6. The van der Waals surface area contributed by atoms with Crippen LogP contribution in [0.25, 0.3) is 0 Å². The lowest BCUT2D eigenvalue weighted by molar-refractivity contribution is -0.137. The van der Waals surface area contributed by atoms with Gasteiger partial charge < -0.3 is 10.4 Å². The van der Waals surface area contributed by atoms with Crippen LogP contribution in [-0.2, 0) is 11.0 Å². The summed E-state index contributed by atoms with van der Waals surface area (Å²) in [6.07, 6.45) is -1.51. The third kappa shape index (κ3) is 3.60. The Morgan fingerprint density at radius 2 is 2.15 bits per heavy atom. The van der Waals surface area contributed by atoms with Crippen molar-refractivity contribution in [3.8, 4) is 0 Å². The molecule has 0 radical (unpaired) electrons. The van der Waals surface area contributed by atoms with Crippen LogP contribution in [0.15, 0.2) is 36.4 Å². The van der Waals surface area contributed by atoms with Crippen LogP contribution in [0.1, 0.15) is 30.1 Å². The van der Waals surface area contributed by atoms with Gasteiger partial charge in [0, 0.05) is 12.5 Å². The van der Waals surface area contributed by atoms with Gasteiger partial charge in [-0.25, -0.2) is 0 Å². The van der Waals surface area contributed by atoms with E-state index in [9.17, 15) is 23.1 Å². The molecule has 1 unspecified atom stereocenters. The number of rotatable bonds is 3. The van der Waals surface area contributed by atoms with E-state index in [4.69, 9.17) is 0 Å².